The number of carbonyl (C=O) groups is 4. The number of thiophene rings is 2. The van der Waals surface area contributed by atoms with Crippen LogP contribution in [0.15, 0.2) is 48.5 Å². The average Bonchev–Trinajstić information content (AvgIpc) is 4.02. The summed E-state index contributed by atoms with van der Waals surface area (Å²) in [5, 5.41) is 34.2. The van der Waals surface area contributed by atoms with Crippen LogP contribution in [-0.2, 0) is 14.3 Å². The molecule has 4 aromatic rings. The minimum Gasteiger partial charge on any atom is -0.467 e. The van der Waals surface area contributed by atoms with Crippen LogP contribution in [0.3, 0.4) is 0 Å². The summed E-state index contributed by atoms with van der Waals surface area (Å²) in [5.74, 6) is 11.6. The van der Waals surface area contributed by atoms with Crippen LogP contribution >= 0.6 is 22.7 Å². The zero-order valence-electron chi connectivity index (χ0n) is 31.8. The second kappa shape index (κ2) is 17.5. The molecule has 2 unspecified atom stereocenters. The van der Waals surface area contributed by atoms with Gasteiger partial charge in [-0.2, -0.15) is 0 Å². The Labute approximate surface area is 333 Å². The molecule has 0 saturated heterocycles. The number of hydrogen-bond acceptors (Lipinski definition) is 12. The number of esters is 1. The van der Waals surface area contributed by atoms with Crippen LogP contribution in [0.25, 0.3) is 20.2 Å². The third-order valence-corrected chi connectivity index (χ3v) is 11.6. The molecule has 0 bridgehead atoms. The summed E-state index contributed by atoms with van der Waals surface area (Å²) in [4.78, 5) is 50.0. The van der Waals surface area contributed by atoms with Gasteiger partial charge in [-0.1, -0.05) is 35.8 Å². The van der Waals surface area contributed by atoms with Crippen molar-refractivity contribution >= 4 is 66.5 Å². The molecule has 296 valence electrons. The molecular weight excluding hydrogens is 755 g/mol. The number of nitrogens with two attached hydrogens (primary N) is 2. The minimum atomic E-state index is -1.09. The van der Waals surface area contributed by atoms with Gasteiger partial charge in [-0.3, -0.25) is 19.6 Å². The molecule has 2 aromatic heterocycles. The molecule has 2 aliphatic rings. The lowest BCUT2D eigenvalue weighted by Crippen LogP contribution is -2.61. The monoisotopic (exact) mass is 801 g/mol. The fourth-order valence-electron chi connectivity index (χ4n) is 5.77. The topological polar surface area (TPSA) is 226 Å². The molecule has 10 N–H and O–H groups in total. The van der Waals surface area contributed by atoms with Gasteiger partial charge in [0, 0.05) is 56.7 Å². The number of methoxy groups -OCH3 is 1. The highest BCUT2D eigenvalue weighted by Gasteiger charge is 2.37. The molecule has 2 aromatic carbocycles. The number of hydrogen-bond donors (Lipinski definition) is 8. The number of benzene rings is 2. The molecule has 6 atom stereocenters. The van der Waals surface area contributed by atoms with E-state index in [1.54, 1.807) is 39.8 Å². The number of carbonyl (C=O) groups excluding carboxylic acids is 4. The maximum Gasteiger partial charge on any atom is 0.330 e. The lowest BCUT2D eigenvalue weighted by atomic mass is 9.95. The number of hydroxylamine groups is 1. The third kappa shape index (κ3) is 10.7. The molecule has 2 aliphatic carbocycles. The summed E-state index contributed by atoms with van der Waals surface area (Å²) in [6.07, 6.45) is 1.89. The number of nitrogens with one attached hydrogen (secondary N) is 3. The predicted octanol–water partition coefficient (Wildman–Crippen LogP) is 3.11. The molecule has 56 heavy (non-hydrogen) atoms. The molecule has 6 rings (SSSR count). The normalized spacial score (nSPS) is 19.5. The van der Waals surface area contributed by atoms with Crippen LogP contribution in [0.5, 0.6) is 0 Å². The Morgan fingerprint density at radius 1 is 0.768 bits per heavy atom. The van der Waals surface area contributed by atoms with Gasteiger partial charge in [0.2, 0.25) is 0 Å². The van der Waals surface area contributed by atoms with Crippen LogP contribution < -0.4 is 27.6 Å². The van der Waals surface area contributed by atoms with Gasteiger partial charge in [0.05, 0.1) is 16.9 Å². The molecule has 0 radical (unpaired) electrons. The Morgan fingerprint density at radius 3 is 1.55 bits per heavy atom. The standard InChI is InChI=1S/C21H24N2O4S.C20H23N3O4S/c1-21(2,22)18(20(26)27-3)23-19(25)17-10-14-7-5-12(8-16(14)28-17)4-6-13-9-15(13)11-24;1-20(2,21)17(19(26)23-27)22-18(25)16-9-13-6-4-11(7-15(13)28-16)3-5-12-8-14(12)10-24/h5,7-8,10,13,15,18,24H,9,11,22H2,1-3H3,(H,23,25);4,6-7,9,12,14,17,24,27H,8,10,21H2,1-2H3,(H,22,25)(H,23,26)/t13-,15?,18-;12-,14?,17-/m11/s1. The fourth-order valence-corrected chi connectivity index (χ4v) is 7.78. The van der Waals surface area contributed by atoms with Crippen molar-refractivity contribution in [2.24, 2.45) is 35.1 Å². The maximum absolute atomic E-state index is 12.7. The van der Waals surface area contributed by atoms with Gasteiger partial charge < -0.3 is 37.1 Å². The van der Waals surface area contributed by atoms with Crippen molar-refractivity contribution in [3.05, 3.63) is 69.4 Å². The summed E-state index contributed by atoms with van der Waals surface area (Å²) in [6.45, 7) is 6.86. The number of aliphatic hydroxyl groups is 2. The molecule has 0 aliphatic heterocycles. The number of amides is 3. The molecule has 15 heteroatoms. The van der Waals surface area contributed by atoms with E-state index in [-0.39, 0.29) is 31.0 Å². The van der Waals surface area contributed by atoms with E-state index in [1.807, 2.05) is 36.4 Å². The second-order valence-electron chi connectivity index (χ2n) is 15.3. The molecule has 0 spiro atoms. The van der Waals surface area contributed by atoms with Crippen LogP contribution in [0.4, 0.5) is 0 Å². The van der Waals surface area contributed by atoms with Gasteiger partial charge in [-0.15, -0.1) is 22.7 Å². The van der Waals surface area contributed by atoms with Gasteiger partial charge in [0.25, 0.3) is 17.7 Å². The summed E-state index contributed by atoms with van der Waals surface area (Å²) in [7, 11) is 1.26. The summed E-state index contributed by atoms with van der Waals surface area (Å²) < 4.78 is 6.60. The maximum atomic E-state index is 12.7. The van der Waals surface area contributed by atoms with E-state index in [1.165, 1.54) is 35.3 Å². The van der Waals surface area contributed by atoms with Crippen molar-refractivity contribution in [2.45, 2.75) is 63.7 Å². The van der Waals surface area contributed by atoms with E-state index >= 15 is 0 Å². The van der Waals surface area contributed by atoms with Gasteiger partial charge in [-0.05, 0) is 99.5 Å². The molecule has 13 nitrogen and oxygen atoms in total. The van der Waals surface area contributed by atoms with E-state index < -0.39 is 40.9 Å². The van der Waals surface area contributed by atoms with Gasteiger partial charge in [0.1, 0.15) is 12.1 Å². The van der Waals surface area contributed by atoms with Crippen molar-refractivity contribution < 1.29 is 39.3 Å². The average molecular weight is 802 g/mol. The lowest BCUT2D eigenvalue weighted by molar-refractivity contribution is -0.144. The van der Waals surface area contributed by atoms with Gasteiger partial charge in [-0.25, -0.2) is 10.3 Å². The van der Waals surface area contributed by atoms with Crippen LogP contribution in [0.1, 0.15) is 71.0 Å². The van der Waals surface area contributed by atoms with E-state index in [9.17, 15) is 19.2 Å². The Hall–Kier alpha value is -4.84. The Bertz CT molecular complexity index is 2090. The summed E-state index contributed by atoms with van der Waals surface area (Å²) in [6, 6.07) is 13.0. The first-order valence-corrected chi connectivity index (χ1v) is 19.6. The van der Waals surface area contributed by atoms with Crippen molar-refractivity contribution in [3.63, 3.8) is 0 Å². The van der Waals surface area contributed by atoms with Crippen LogP contribution in [0, 0.1) is 47.4 Å². The number of rotatable bonds is 10. The second-order valence-corrected chi connectivity index (χ2v) is 17.5. The summed E-state index contributed by atoms with van der Waals surface area (Å²) >= 11 is 2.63. The number of aliphatic hydroxyl groups excluding tert-OH is 2. The molecule has 2 saturated carbocycles. The zero-order valence-corrected chi connectivity index (χ0v) is 33.4. The number of fused-ring (bicyclic) bond motifs is 2. The highest BCUT2D eigenvalue weighted by Crippen LogP contribution is 2.38. The highest BCUT2D eigenvalue weighted by molar-refractivity contribution is 7.21. The van der Waals surface area contributed by atoms with Crippen molar-refractivity contribution in [2.75, 3.05) is 20.3 Å². The first-order chi connectivity index (χ1) is 26.4. The quantitative estimate of drug-likeness (QED) is 0.0506. The first kappa shape index (κ1) is 42.3. The van der Waals surface area contributed by atoms with Gasteiger partial charge in [0.15, 0.2) is 0 Å². The Kier molecular flexibility index (Phi) is 13.2. The van der Waals surface area contributed by atoms with E-state index in [0.717, 1.165) is 44.1 Å². The minimum absolute atomic E-state index is 0.177. The SMILES string of the molecule is CC(C)(N)[C@H](NC(=O)c1cc2ccc(C#C[C@@H]3CC3CO)cc2s1)C(=O)NO.COC(=O)[C@@H](NC(=O)c1cc2ccc(C#C[C@@H]3CC3CO)cc2s1)C(C)(C)N. The third-order valence-electron chi connectivity index (χ3n) is 9.45. The van der Waals surface area contributed by atoms with Crippen molar-refractivity contribution in [3.8, 4) is 23.7 Å². The Morgan fingerprint density at radius 2 is 1.20 bits per heavy atom. The molecular formula is C41H47N5O8S2. The van der Waals surface area contributed by atoms with Crippen LogP contribution in [-0.4, -0.2) is 82.6 Å². The lowest BCUT2D eigenvalue weighted by Gasteiger charge is -2.29. The largest absolute Gasteiger partial charge is 0.467 e. The van der Waals surface area contributed by atoms with Crippen LogP contribution in [0.2, 0.25) is 0 Å². The van der Waals surface area contributed by atoms with Crippen molar-refractivity contribution in [1.29, 1.82) is 0 Å². The Balaban J connectivity index is 0.000000214. The predicted molar refractivity (Wildman–Crippen MR) is 216 cm³/mol. The van der Waals surface area contributed by atoms with E-state index in [0.29, 0.717) is 21.6 Å². The van der Waals surface area contributed by atoms with E-state index in [4.69, 9.17) is 31.6 Å². The molecule has 2 fully saturated rings. The number of ether oxygens (including phenoxy) is 1. The molecule has 3 amide bonds. The zero-order chi connectivity index (χ0) is 40.9. The first-order valence-electron chi connectivity index (χ1n) is 18.0. The smallest absolute Gasteiger partial charge is 0.330 e. The van der Waals surface area contributed by atoms with E-state index in [2.05, 4.69) is 34.3 Å². The highest BCUT2D eigenvalue weighted by atomic mass is 32.1. The molecule has 2 heterocycles. The summed E-state index contributed by atoms with van der Waals surface area (Å²) in [5.41, 5.74) is 13.2. The fraction of sp³-hybridized carbons (Fsp3) is 0.415. The van der Waals surface area contributed by atoms with Gasteiger partial charge >= 0.3 is 5.97 Å². The van der Waals surface area contributed by atoms with Crippen molar-refractivity contribution in [1.82, 2.24) is 16.1 Å².